The summed E-state index contributed by atoms with van der Waals surface area (Å²) in [6.07, 6.45) is -9.33. The normalized spacial score (nSPS) is 5.33. The minimum Gasteiger partial charge on any atom is -0.652 e. The SMILES string of the molecule is O=C([O-])[O-].O=C([O-])[O-].O=C([O-])[O-].O=C([O-])[O-].[Fe+2].[U]. The van der Waals surface area contributed by atoms with E-state index in [1.165, 1.54) is 0 Å². The zero-order chi connectivity index (χ0) is 14.3. The van der Waals surface area contributed by atoms with Crippen LogP contribution in [0.25, 0.3) is 0 Å². The smallest absolute Gasteiger partial charge is 0.652 e. The Balaban J connectivity index is -0.0000000257. The molecule has 0 aromatic rings. The van der Waals surface area contributed by atoms with Gasteiger partial charge in [-0.3, -0.25) is 0 Å². The molecule has 12 nitrogen and oxygen atoms in total. The van der Waals surface area contributed by atoms with Gasteiger partial charge in [0.1, 0.15) is 0 Å². The molecule has 0 aliphatic rings. The first-order valence-electron chi connectivity index (χ1n) is 2.45. The van der Waals surface area contributed by atoms with E-state index in [9.17, 15) is 0 Å². The first-order valence-corrected chi connectivity index (χ1v) is 2.45. The third-order valence-electron chi connectivity index (χ3n) is 0. The van der Waals surface area contributed by atoms with Crippen LogP contribution in [0.3, 0.4) is 0 Å². The molecule has 0 aliphatic carbocycles. The van der Waals surface area contributed by atoms with Gasteiger partial charge in [0, 0.05) is 31.1 Å². The summed E-state index contributed by atoms with van der Waals surface area (Å²) in [6, 6.07) is 0. The van der Waals surface area contributed by atoms with Crippen LogP contribution in [0.2, 0.25) is 0 Å². The second-order valence-corrected chi connectivity index (χ2v) is 1.00. The van der Waals surface area contributed by atoms with E-state index in [0.717, 1.165) is 0 Å². The molecule has 0 amide bonds. The number of hydrogen-bond donors (Lipinski definition) is 0. The molecule has 0 N–H and O–H groups in total. The third kappa shape index (κ3) is 1500. The summed E-state index contributed by atoms with van der Waals surface area (Å²) in [6.45, 7) is 0. The maximum atomic E-state index is 8.33. The molecule has 0 unspecified atom stereocenters. The predicted octanol–water partition coefficient (Wildman–Crippen LogP) is -9.79. The fourth-order valence-electron chi connectivity index (χ4n) is 0. The molecule has 0 heterocycles. The summed E-state index contributed by atoms with van der Waals surface area (Å²) in [5.41, 5.74) is 0. The van der Waals surface area contributed by atoms with E-state index in [0.29, 0.717) is 0 Å². The molecule has 0 fully saturated rings. The second kappa shape index (κ2) is 29.6. The quantitative estimate of drug-likeness (QED) is 0.263. The Kier molecular flexibility index (Phi) is 59.2. The summed E-state index contributed by atoms with van der Waals surface area (Å²) in [7, 11) is 0. The topological polar surface area (TPSA) is 253 Å². The van der Waals surface area contributed by atoms with Crippen LogP contribution in [0.15, 0.2) is 0 Å². The maximum Gasteiger partial charge on any atom is 2.00 e. The van der Waals surface area contributed by atoms with Crippen LogP contribution in [0.4, 0.5) is 19.2 Å². The molecule has 106 valence electrons. The van der Waals surface area contributed by atoms with Gasteiger partial charge in [-0.25, -0.2) is 0 Å². The summed E-state index contributed by atoms with van der Waals surface area (Å²) in [4.78, 5) is 33.3. The van der Waals surface area contributed by atoms with Gasteiger partial charge in [-0.1, -0.05) is 0 Å². The molecular weight excluding hydrogens is 534 g/mol. The van der Waals surface area contributed by atoms with Crippen LogP contribution in [0, 0.1) is 31.1 Å². The molecule has 0 aliphatic heterocycles. The van der Waals surface area contributed by atoms with E-state index in [2.05, 4.69) is 0 Å². The van der Waals surface area contributed by atoms with Gasteiger partial charge in [0.05, 0.1) is 0 Å². The Morgan fingerprint density at radius 1 is 0.444 bits per heavy atom. The van der Waals surface area contributed by atoms with Crippen LogP contribution >= 0.6 is 0 Å². The van der Waals surface area contributed by atoms with E-state index in [1.807, 2.05) is 0 Å². The van der Waals surface area contributed by atoms with E-state index in [1.54, 1.807) is 0 Å². The molecule has 0 aromatic heterocycles. The number of carbonyl (C=O) groups excluding carboxylic acids is 4. The monoisotopic (exact) mass is 534 g/mol. The average Bonchev–Trinajstić information content (AvgIpc) is 1.76. The summed E-state index contributed by atoms with van der Waals surface area (Å²) in [5.74, 6) is 0. The first-order chi connectivity index (χ1) is 6.93. The zero-order valence-electron chi connectivity index (χ0n) is 7.75. The van der Waals surface area contributed by atoms with Crippen molar-refractivity contribution >= 4 is 24.6 Å². The standard InChI is InChI=1S/4CH2O3.Fe.U/c4*2-1(3)4;;/h4*(H2,2,3,4);;/q;;;;+2;/p-8. The molecular formula is C4FeO12U-6. The van der Waals surface area contributed by atoms with Crippen molar-refractivity contribution in [1.82, 2.24) is 0 Å². The number of rotatable bonds is 0. The van der Waals surface area contributed by atoms with Gasteiger partial charge in [0.25, 0.3) is 0 Å². The Morgan fingerprint density at radius 3 is 0.444 bits per heavy atom. The van der Waals surface area contributed by atoms with Crippen molar-refractivity contribution in [3.8, 4) is 0 Å². The summed E-state index contributed by atoms with van der Waals surface area (Å²) >= 11 is 0. The van der Waals surface area contributed by atoms with E-state index >= 15 is 0 Å². The van der Waals surface area contributed by atoms with Crippen LogP contribution in [-0.2, 0) is 17.1 Å². The van der Waals surface area contributed by atoms with E-state index < -0.39 is 24.6 Å². The van der Waals surface area contributed by atoms with E-state index in [-0.39, 0.29) is 48.2 Å². The van der Waals surface area contributed by atoms with Crippen LogP contribution in [-0.4, -0.2) is 24.6 Å². The molecule has 0 aromatic carbocycles. The second-order valence-electron chi connectivity index (χ2n) is 1.00. The number of hydrogen-bond acceptors (Lipinski definition) is 12. The largest absolute Gasteiger partial charge is 2.00 e. The van der Waals surface area contributed by atoms with Gasteiger partial charge in [0.15, 0.2) is 0 Å². The average molecular weight is 534 g/mol. The third-order valence-corrected chi connectivity index (χ3v) is 0. The van der Waals surface area contributed by atoms with Gasteiger partial charge >= 0.3 is 17.1 Å². The van der Waals surface area contributed by atoms with Crippen LogP contribution in [0.5, 0.6) is 0 Å². The summed E-state index contributed by atoms with van der Waals surface area (Å²) in [5, 5.41) is 66.7. The predicted molar refractivity (Wildman–Crippen MR) is 21.6 cm³/mol. The van der Waals surface area contributed by atoms with Crippen molar-refractivity contribution < 1.29 is 108 Å². The van der Waals surface area contributed by atoms with Crippen molar-refractivity contribution in [3.05, 3.63) is 0 Å². The molecule has 14 heteroatoms. The maximum absolute atomic E-state index is 8.33. The fraction of sp³-hybridized carbons (Fsp3) is 0. The van der Waals surface area contributed by atoms with Crippen LogP contribution in [0.1, 0.15) is 0 Å². The van der Waals surface area contributed by atoms with Gasteiger partial charge in [-0.05, 0) is 24.6 Å². The molecule has 0 atom stereocenters. The van der Waals surface area contributed by atoms with Crippen molar-refractivity contribution in [2.45, 2.75) is 0 Å². The minimum atomic E-state index is -2.33. The molecule has 0 rings (SSSR count). The Morgan fingerprint density at radius 2 is 0.444 bits per heavy atom. The van der Waals surface area contributed by atoms with Gasteiger partial charge in [-0.2, -0.15) is 0 Å². The Bertz CT molecular complexity index is 164. The minimum absolute atomic E-state index is 0. The molecule has 0 radical (unpaired) electrons. The van der Waals surface area contributed by atoms with Crippen LogP contribution < -0.4 is 40.9 Å². The van der Waals surface area contributed by atoms with Crippen molar-refractivity contribution in [3.63, 3.8) is 0 Å². The molecule has 0 spiro atoms. The van der Waals surface area contributed by atoms with E-state index in [4.69, 9.17) is 60.0 Å². The molecule has 0 saturated heterocycles. The van der Waals surface area contributed by atoms with Gasteiger partial charge in [-0.15, -0.1) is 0 Å². The number of carboxylic acid groups (broad SMARTS) is 8. The van der Waals surface area contributed by atoms with Crippen molar-refractivity contribution in [2.24, 2.45) is 0 Å². The number of carbonyl (C=O) groups is 4. The summed E-state index contributed by atoms with van der Waals surface area (Å²) < 4.78 is 0. The van der Waals surface area contributed by atoms with Crippen molar-refractivity contribution in [1.29, 1.82) is 0 Å². The molecule has 18 heavy (non-hydrogen) atoms. The Labute approximate surface area is 132 Å². The van der Waals surface area contributed by atoms with Crippen molar-refractivity contribution in [2.75, 3.05) is 0 Å². The molecule has 0 bridgehead atoms. The zero-order valence-corrected chi connectivity index (χ0v) is 13.0. The Hall–Kier alpha value is -1.35. The molecule has 0 saturated carbocycles. The van der Waals surface area contributed by atoms with Gasteiger partial charge in [0.2, 0.25) is 0 Å². The van der Waals surface area contributed by atoms with Gasteiger partial charge < -0.3 is 60.0 Å². The first kappa shape index (κ1) is 36.0. The fourth-order valence-corrected chi connectivity index (χ4v) is 0.